The zero-order valence-corrected chi connectivity index (χ0v) is 11.9. The highest BCUT2D eigenvalue weighted by Crippen LogP contribution is 2.46. The number of anilines is 1. The average Bonchev–Trinajstić information content (AvgIpc) is 2.84. The second kappa shape index (κ2) is 4.38. The predicted molar refractivity (Wildman–Crippen MR) is 79.7 cm³/mol. The van der Waals surface area contributed by atoms with Crippen molar-refractivity contribution in [1.29, 1.82) is 0 Å². The van der Waals surface area contributed by atoms with Crippen molar-refractivity contribution < 1.29 is 4.79 Å². The summed E-state index contributed by atoms with van der Waals surface area (Å²) in [6.07, 6.45) is 0.888. The lowest BCUT2D eigenvalue weighted by Crippen LogP contribution is -2.23. The summed E-state index contributed by atoms with van der Waals surface area (Å²) in [4.78, 5) is 13.4. The molecule has 3 N–H and O–H groups in total. The largest absolute Gasteiger partial charge is 0.390 e. The Kier molecular flexibility index (Phi) is 2.82. The Balaban J connectivity index is 2.19. The number of rotatable bonds is 2. The van der Waals surface area contributed by atoms with Crippen LogP contribution in [0.2, 0.25) is 0 Å². The van der Waals surface area contributed by atoms with Gasteiger partial charge in [0, 0.05) is 23.4 Å². The minimum Gasteiger partial charge on any atom is -0.390 e. The van der Waals surface area contributed by atoms with Crippen LogP contribution in [0.25, 0.3) is 11.1 Å². The third-order valence-electron chi connectivity index (χ3n) is 3.46. The van der Waals surface area contributed by atoms with Gasteiger partial charge in [0.1, 0.15) is 0 Å². The second-order valence-corrected chi connectivity index (χ2v) is 5.97. The third kappa shape index (κ3) is 1.83. The van der Waals surface area contributed by atoms with Crippen LogP contribution < -0.4 is 11.1 Å². The summed E-state index contributed by atoms with van der Waals surface area (Å²) in [6.45, 7) is 4.60. The number of nitrogens with two attached hydrogens (primary N) is 1. The fraction of sp³-hybridized carbons (Fsp3) is 0.267. The van der Waals surface area contributed by atoms with E-state index in [4.69, 9.17) is 5.73 Å². The quantitative estimate of drug-likeness (QED) is 0.753. The van der Waals surface area contributed by atoms with Crippen LogP contribution in [0, 0.1) is 6.92 Å². The summed E-state index contributed by atoms with van der Waals surface area (Å²) >= 11 is 1.54. The fourth-order valence-electron chi connectivity index (χ4n) is 2.63. The molecular formula is C15H16N2OS. The molecule has 1 aromatic heterocycles. The first-order chi connectivity index (χ1) is 9.11. The van der Waals surface area contributed by atoms with E-state index in [9.17, 15) is 4.79 Å². The average molecular weight is 272 g/mol. The molecule has 1 aliphatic carbocycles. The van der Waals surface area contributed by atoms with Crippen molar-refractivity contribution in [2.75, 3.05) is 12.3 Å². The molecule has 1 aromatic carbocycles. The highest BCUT2D eigenvalue weighted by atomic mass is 32.1. The molecule has 3 nitrogen and oxygen atoms in total. The van der Waals surface area contributed by atoms with Crippen molar-refractivity contribution in [1.82, 2.24) is 5.32 Å². The van der Waals surface area contributed by atoms with E-state index in [1.165, 1.54) is 32.9 Å². The Labute approximate surface area is 116 Å². The van der Waals surface area contributed by atoms with E-state index in [1.54, 1.807) is 0 Å². The first kappa shape index (κ1) is 12.2. The molecule has 0 bridgehead atoms. The molecular weight excluding hydrogens is 256 g/mol. The molecule has 0 unspecified atom stereocenters. The predicted octanol–water partition coefficient (Wildman–Crippen LogP) is 2.96. The molecule has 4 heteroatoms. The molecule has 19 heavy (non-hydrogen) atoms. The molecule has 0 spiro atoms. The molecule has 0 aliphatic heterocycles. The van der Waals surface area contributed by atoms with Gasteiger partial charge < -0.3 is 11.1 Å². The molecule has 0 radical (unpaired) electrons. The van der Waals surface area contributed by atoms with Gasteiger partial charge in [0.05, 0.1) is 10.6 Å². The number of carbonyl (C=O) groups is 1. The first-order valence-corrected chi connectivity index (χ1v) is 7.22. The lowest BCUT2D eigenvalue weighted by atomic mass is 10.0. The number of nitrogen functional groups attached to an aromatic ring is 1. The van der Waals surface area contributed by atoms with Crippen LogP contribution in [0.4, 0.5) is 5.00 Å². The Bertz CT molecular complexity index is 673. The summed E-state index contributed by atoms with van der Waals surface area (Å²) in [5, 5.41) is 3.48. The standard InChI is InChI=1S/C15H16N2OS/c1-3-17-15(18)13-12-10-6-8(2)4-5-9(10)7-11(12)19-14(13)16/h4-6H,3,7,16H2,1-2H3,(H,17,18). The van der Waals surface area contributed by atoms with Gasteiger partial charge in [0.15, 0.2) is 0 Å². The fourth-order valence-corrected chi connectivity index (χ4v) is 3.74. The number of nitrogens with one attached hydrogen (secondary N) is 1. The summed E-state index contributed by atoms with van der Waals surface area (Å²) in [5.41, 5.74) is 11.4. The molecule has 0 saturated carbocycles. The van der Waals surface area contributed by atoms with Crippen LogP contribution in [0.15, 0.2) is 18.2 Å². The number of hydrogen-bond donors (Lipinski definition) is 2. The minimum absolute atomic E-state index is 0.0631. The monoisotopic (exact) mass is 272 g/mol. The van der Waals surface area contributed by atoms with Crippen molar-refractivity contribution in [2.24, 2.45) is 0 Å². The molecule has 0 atom stereocenters. The molecule has 0 saturated heterocycles. The summed E-state index contributed by atoms with van der Waals surface area (Å²) in [7, 11) is 0. The lowest BCUT2D eigenvalue weighted by molar-refractivity contribution is 0.0957. The van der Waals surface area contributed by atoms with Crippen LogP contribution in [0.5, 0.6) is 0 Å². The van der Waals surface area contributed by atoms with E-state index in [-0.39, 0.29) is 5.91 Å². The van der Waals surface area contributed by atoms with Gasteiger partial charge >= 0.3 is 0 Å². The van der Waals surface area contributed by atoms with E-state index in [2.05, 4.69) is 30.4 Å². The highest BCUT2D eigenvalue weighted by molar-refractivity contribution is 7.17. The second-order valence-electron chi connectivity index (χ2n) is 4.84. The molecule has 98 valence electrons. The number of hydrogen-bond acceptors (Lipinski definition) is 3. The topological polar surface area (TPSA) is 55.1 Å². The van der Waals surface area contributed by atoms with Gasteiger partial charge in [-0.25, -0.2) is 0 Å². The highest BCUT2D eigenvalue weighted by Gasteiger charge is 2.29. The SMILES string of the molecule is CCNC(=O)c1c(N)sc2c1-c1cc(C)ccc1C2. The summed E-state index contributed by atoms with van der Waals surface area (Å²) in [5.74, 6) is -0.0631. The summed E-state index contributed by atoms with van der Waals surface area (Å²) in [6, 6.07) is 6.41. The van der Waals surface area contributed by atoms with Gasteiger partial charge in [0.25, 0.3) is 5.91 Å². The zero-order valence-electron chi connectivity index (χ0n) is 11.0. The molecule has 0 fully saturated rings. The van der Waals surface area contributed by atoms with Crippen molar-refractivity contribution in [3.8, 4) is 11.1 Å². The number of carbonyl (C=O) groups excluding carboxylic acids is 1. The third-order valence-corrected chi connectivity index (χ3v) is 4.48. The van der Waals surface area contributed by atoms with Gasteiger partial charge in [-0.3, -0.25) is 4.79 Å². The van der Waals surface area contributed by atoms with Crippen LogP contribution in [0.1, 0.15) is 33.3 Å². The van der Waals surface area contributed by atoms with Crippen molar-refractivity contribution in [3.63, 3.8) is 0 Å². The Morgan fingerprint density at radius 1 is 1.47 bits per heavy atom. The first-order valence-electron chi connectivity index (χ1n) is 6.41. The number of aryl methyl sites for hydroxylation is 1. The van der Waals surface area contributed by atoms with E-state index >= 15 is 0 Å². The minimum atomic E-state index is -0.0631. The normalized spacial score (nSPS) is 12.1. The van der Waals surface area contributed by atoms with Crippen molar-refractivity contribution >= 4 is 22.2 Å². The van der Waals surface area contributed by atoms with E-state index in [0.717, 1.165) is 12.0 Å². The van der Waals surface area contributed by atoms with Crippen LogP contribution in [-0.2, 0) is 6.42 Å². The van der Waals surface area contributed by atoms with Gasteiger partial charge in [-0.2, -0.15) is 0 Å². The Hall–Kier alpha value is -1.81. The molecule has 1 aliphatic rings. The van der Waals surface area contributed by atoms with E-state index in [0.29, 0.717) is 17.1 Å². The number of fused-ring (bicyclic) bond motifs is 3. The van der Waals surface area contributed by atoms with Gasteiger partial charge in [0.2, 0.25) is 0 Å². The maximum atomic E-state index is 12.2. The van der Waals surface area contributed by atoms with Gasteiger partial charge in [-0.1, -0.05) is 23.8 Å². The maximum absolute atomic E-state index is 12.2. The molecule has 3 rings (SSSR count). The van der Waals surface area contributed by atoms with Gasteiger partial charge in [-0.15, -0.1) is 11.3 Å². The van der Waals surface area contributed by atoms with E-state index in [1.807, 2.05) is 6.92 Å². The number of benzene rings is 1. The molecule has 1 amide bonds. The van der Waals surface area contributed by atoms with Crippen LogP contribution in [-0.4, -0.2) is 12.5 Å². The van der Waals surface area contributed by atoms with Gasteiger partial charge in [-0.05, 0) is 25.0 Å². The van der Waals surface area contributed by atoms with Crippen molar-refractivity contribution in [3.05, 3.63) is 39.8 Å². The maximum Gasteiger partial charge on any atom is 0.254 e. The number of thiophene rings is 1. The van der Waals surface area contributed by atoms with Crippen LogP contribution in [0.3, 0.4) is 0 Å². The Morgan fingerprint density at radius 3 is 3.00 bits per heavy atom. The number of amides is 1. The van der Waals surface area contributed by atoms with Crippen molar-refractivity contribution in [2.45, 2.75) is 20.3 Å². The molecule has 2 aromatic rings. The summed E-state index contributed by atoms with van der Waals surface area (Å²) < 4.78 is 0. The van der Waals surface area contributed by atoms with Crippen LogP contribution >= 0.6 is 11.3 Å². The lowest BCUT2D eigenvalue weighted by Gasteiger charge is -2.07. The zero-order chi connectivity index (χ0) is 13.6. The molecule has 1 heterocycles. The smallest absolute Gasteiger partial charge is 0.254 e. The van der Waals surface area contributed by atoms with E-state index < -0.39 is 0 Å². The Morgan fingerprint density at radius 2 is 2.26 bits per heavy atom.